The molecule has 1 heterocycles. The van der Waals surface area contributed by atoms with E-state index in [-0.39, 0.29) is 17.5 Å². The highest BCUT2D eigenvalue weighted by Crippen LogP contribution is 2.26. The number of benzene rings is 2. The lowest BCUT2D eigenvalue weighted by molar-refractivity contribution is 0.249. The molecule has 0 aliphatic heterocycles. The second-order valence-electron chi connectivity index (χ2n) is 7.97. The van der Waals surface area contributed by atoms with Crippen molar-refractivity contribution in [3.05, 3.63) is 77.5 Å². The summed E-state index contributed by atoms with van der Waals surface area (Å²) in [7, 11) is 0. The van der Waals surface area contributed by atoms with Gasteiger partial charge in [-0.2, -0.15) is 10.4 Å². The standard InChI is InChI=1S/C23H25N5O/c1-16(18-10-6-5-7-11-18)25-22(29)26-21-14-20(23(2,3)4)27-28(21)19-12-8-9-17(13-19)15-24/h5-14,16H,1-4H3,(H2,25,26,29). The fraction of sp³-hybridized carbons (Fsp3) is 0.261. The minimum atomic E-state index is -0.320. The van der Waals surface area contributed by atoms with Gasteiger partial charge in [0.15, 0.2) is 0 Å². The van der Waals surface area contributed by atoms with Crippen LogP contribution in [0.5, 0.6) is 0 Å². The normalized spacial score (nSPS) is 12.1. The van der Waals surface area contributed by atoms with Crippen molar-refractivity contribution in [2.24, 2.45) is 0 Å². The van der Waals surface area contributed by atoms with Gasteiger partial charge in [0.2, 0.25) is 0 Å². The Balaban J connectivity index is 1.88. The van der Waals surface area contributed by atoms with Gasteiger partial charge in [-0.3, -0.25) is 5.32 Å². The summed E-state index contributed by atoms with van der Waals surface area (Å²) in [6.45, 7) is 8.12. The molecule has 2 N–H and O–H groups in total. The molecule has 0 saturated carbocycles. The highest BCUT2D eigenvalue weighted by Gasteiger charge is 2.22. The van der Waals surface area contributed by atoms with Crippen LogP contribution in [-0.4, -0.2) is 15.8 Å². The number of nitrogens with zero attached hydrogens (tertiary/aromatic N) is 3. The number of carbonyl (C=O) groups is 1. The minimum absolute atomic E-state index is 0.142. The number of hydrogen-bond acceptors (Lipinski definition) is 3. The molecular formula is C23H25N5O. The van der Waals surface area contributed by atoms with Crippen molar-refractivity contribution in [2.45, 2.75) is 39.2 Å². The second kappa shape index (κ2) is 8.19. The predicted molar refractivity (Wildman–Crippen MR) is 114 cm³/mol. The quantitative estimate of drug-likeness (QED) is 0.666. The van der Waals surface area contributed by atoms with Crippen LogP contribution in [-0.2, 0) is 5.41 Å². The summed E-state index contributed by atoms with van der Waals surface area (Å²) < 4.78 is 1.66. The molecule has 1 unspecified atom stereocenters. The molecule has 29 heavy (non-hydrogen) atoms. The third kappa shape index (κ3) is 4.82. The summed E-state index contributed by atoms with van der Waals surface area (Å²) >= 11 is 0. The third-order valence-corrected chi connectivity index (χ3v) is 4.59. The number of hydrogen-bond donors (Lipinski definition) is 2. The summed E-state index contributed by atoms with van der Waals surface area (Å²) in [5.74, 6) is 0.544. The zero-order chi connectivity index (χ0) is 21.0. The van der Waals surface area contributed by atoms with E-state index < -0.39 is 0 Å². The van der Waals surface area contributed by atoms with E-state index in [9.17, 15) is 10.1 Å². The number of carbonyl (C=O) groups excluding carboxylic acids is 1. The van der Waals surface area contributed by atoms with Crippen LogP contribution in [0.3, 0.4) is 0 Å². The Morgan fingerprint density at radius 1 is 1.10 bits per heavy atom. The predicted octanol–water partition coefficient (Wildman–Crippen LogP) is 4.92. The van der Waals surface area contributed by atoms with Gasteiger partial charge in [-0.15, -0.1) is 0 Å². The van der Waals surface area contributed by atoms with Crippen LogP contribution < -0.4 is 10.6 Å². The van der Waals surface area contributed by atoms with Gasteiger partial charge in [-0.05, 0) is 30.7 Å². The van der Waals surface area contributed by atoms with Gasteiger partial charge in [-0.1, -0.05) is 57.2 Å². The molecule has 6 heteroatoms. The lowest BCUT2D eigenvalue weighted by atomic mass is 9.92. The maximum Gasteiger partial charge on any atom is 0.320 e. The lowest BCUT2D eigenvalue weighted by Crippen LogP contribution is -2.31. The molecule has 0 fully saturated rings. The maximum atomic E-state index is 12.6. The van der Waals surface area contributed by atoms with Crippen molar-refractivity contribution >= 4 is 11.8 Å². The highest BCUT2D eigenvalue weighted by molar-refractivity contribution is 5.89. The number of nitriles is 1. The molecule has 1 aromatic heterocycles. The van der Waals surface area contributed by atoms with Crippen molar-refractivity contribution in [2.75, 3.05) is 5.32 Å². The molecular weight excluding hydrogens is 362 g/mol. The van der Waals surface area contributed by atoms with Crippen LogP contribution >= 0.6 is 0 Å². The second-order valence-corrected chi connectivity index (χ2v) is 7.97. The van der Waals surface area contributed by atoms with Crippen molar-refractivity contribution in [3.8, 4) is 11.8 Å². The smallest absolute Gasteiger partial charge is 0.320 e. The Hall–Kier alpha value is -3.59. The molecule has 0 aliphatic rings. The fourth-order valence-electron chi connectivity index (χ4n) is 2.91. The van der Waals surface area contributed by atoms with Crippen LogP contribution in [0.4, 0.5) is 10.6 Å². The average molecular weight is 387 g/mol. The van der Waals surface area contributed by atoms with Crippen molar-refractivity contribution < 1.29 is 4.79 Å². The SMILES string of the molecule is CC(NC(=O)Nc1cc(C(C)(C)C)nn1-c1cccc(C#N)c1)c1ccccc1. The van der Waals surface area contributed by atoms with E-state index in [2.05, 4.69) is 42.6 Å². The molecule has 1 atom stereocenters. The van der Waals surface area contributed by atoms with Crippen LogP contribution in [0, 0.1) is 11.3 Å². The van der Waals surface area contributed by atoms with Gasteiger partial charge in [0.05, 0.1) is 29.1 Å². The van der Waals surface area contributed by atoms with Gasteiger partial charge in [0, 0.05) is 11.5 Å². The molecule has 0 aliphatic carbocycles. The van der Waals surface area contributed by atoms with E-state index in [1.807, 2.05) is 49.4 Å². The van der Waals surface area contributed by atoms with Crippen molar-refractivity contribution in [3.63, 3.8) is 0 Å². The Morgan fingerprint density at radius 3 is 2.48 bits per heavy atom. The van der Waals surface area contributed by atoms with Crippen LogP contribution in [0.1, 0.15) is 50.6 Å². The molecule has 2 amide bonds. The molecule has 0 radical (unpaired) electrons. The van der Waals surface area contributed by atoms with Crippen LogP contribution in [0.15, 0.2) is 60.7 Å². The first-order valence-corrected chi connectivity index (χ1v) is 9.51. The summed E-state index contributed by atoms with van der Waals surface area (Å²) in [5.41, 5.74) is 2.91. The number of aromatic nitrogens is 2. The fourth-order valence-corrected chi connectivity index (χ4v) is 2.91. The van der Waals surface area contributed by atoms with Gasteiger partial charge in [-0.25, -0.2) is 9.48 Å². The third-order valence-electron chi connectivity index (χ3n) is 4.59. The Morgan fingerprint density at radius 2 is 1.83 bits per heavy atom. The van der Waals surface area contributed by atoms with Gasteiger partial charge in [0.1, 0.15) is 5.82 Å². The molecule has 2 aromatic carbocycles. The zero-order valence-corrected chi connectivity index (χ0v) is 17.1. The first kappa shape index (κ1) is 20.2. The number of urea groups is 1. The highest BCUT2D eigenvalue weighted by atomic mass is 16.2. The number of amides is 2. The summed E-state index contributed by atoms with van der Waals surface area (Å²) in [6, 6.07) is 20.5. The van der Waals surface area contributed by atoms with Gasteiger partial charge < -0.3 is 5.32 Å². The Labute approximate surface area is 171 Å². The number of anilines is 1. The maximum absolute atomic E-state index is 12.6. The van der Waals surface area contributed by atoms with Crippen LogP contribution in [0.2, 0.25) is 0 Å². The largest absolute Gasteiger partial charge is 0.331 e. The van der Waals surface area contributed by atoms with Crippen LogP contribution in [0.25, 0.3) is 5.69 Å². The van der Waals surface area contributed by atoms with E-state index in [1.54, 1.807) is 22.9 Å². The molecule has 0 spiro atoms. The Kier molecular flexibility index (Phi) is 5.69. The molecule has 0 bridgehead atoms. The van der Waals surface area contributed by atoms with Gasteiger partial charge in [0.25, 0.3) is 0 Å². The number of rotatable bonds is 4. The first-order valence-electron chi connectivity index (χ1n) is 9.51. The van der Waals surface area contributed by atoms with E-state index >= 15 is 0 Å². The molecule has 0 saturated heterocycles. The van der Waals surface area contributed by atoms with Gasteiger partial charge >= 0.3 is 6.03 Å². The summed E-state index contributed by atoms with van der Waals surface area (Å²) in [6.07, 6.45) is 0. The van der Waals surface area contributed by atoms with E-state index in [0.717, 1.165) is 11.3 Å². The summed E-state index contributed by atoms with van der Waals surface area (Å²) in [5, 5.41) is 19.7. The van der Waals surface area contributed by atoms with Crippen molar-refractivity contribution in [1.82, 2.24) is 15.1 Å². The van der Waals surface area contributed by atoms with Crippen molar-refractivity contribution in [1.29, 1.82) is 5.26 Å². The molecule has 6 nitrogen and oxygen atoms in total. The summed E-state index contributed by atoms with van der Waals surface area (Å²) in [4.78, 5) is 12.6. The lowest BCUT2D eigenvalue weighted by Gasteiger charge is -2.15. The molecule has 3 rings (SSSR count). The van der Waals surface area contributed by atoms with E-state index in [0.29, 0.717) is 17.1 Å². The molecule has 3 aromatic rings. The topological polar surface area (TPSA) is 82.7 Å². The molecule has 148 valence electrons. The Bertz CT molecular complexity index is 1040. The minimum Gasteiger partial charge on any atom is -0.331 e. The number of nitrogens with one attached hydrogen (secondary N) is 2. The monoisotopic (exact) mass is 387 g/mol. The zero-order valence-electron chi connectivity index (χ0n) is 17.1. The first-order chi connectivity index (χ1) is 13.8. The average Bonchev–Trinajstić information content (AvgIpc) is 3.12. The van der Waals surface area contributed by atoms with E-state index in [1.165, 1.54) is 0 Å². The van der Waals surface area contributed by atoms with E-state index in [4.69, 9.17) is 0 Å².